The molecule has 5 N–H and O–H groups in total. The number of aliphatic hydroxyl groups is 1. The Morgan fingerprint density at radius 3 is 2.33 bits per heavy atom. The molecule has 1 aliphatic rings. The number of nitrogens with zero attached hydrogens (tertiary/aromatic N) is 5. The molecule has 3 heterocycles. The number of benzene rings is 2. The predicted octanol–water partition coefficient (Wildman–Crippen LogP) is 4.02. The van der Waals surface area contributed by atoms with Crippen molar-refractivity contribution in [1.29, 1.82) is 0 Å². The maximum atomic E-state index is 14.4. The van der Waals surface area contributed by atoms with Crippen molar-refractivity contribution in [3.05, 3.63) is 84.6 Å². The summed E-state index contributed by atoms with van der Waals surface area (Å²) in [7, 11) is 0. The summed E-state index contributed by atoms with van der Waals surface area (Å²) >= 11 is 0. The highest BCUT2D eigenvalue weighted by atomic mass is 19.1. The molecule has 2 aromatic heterocycles. The van der Waals surface area contributed by atoms with Crippen molar-refractivity contribution in [2.24, 2.45) is 0 Å². The SMILES string of the molecule is CC.O=C(NNc1ncc(F)c(N2CCN(CCO)CC2)n1)c1ccc(Nc2ccc(-c3cccc(O)c3)cc2)cn1. The number of pyridine rings is 1. The number of piperazine rings is 1. The van der Waals surface area contributed by atoms with Crippen molar-refractivity contribution < 1.29 is 19.4 Å². The summed E-state index contributed by atoms with van der Waals surface area (Å²) in [6, 6.07) is 18.1. The lowest BCUT2D eigenvalue weighted by molar-refractivity contribution is 0.0957. The lowest BCUT2D eigenvalue weighted by Crippen LogP contribution is -2.47. The van der Waals surface area contributed by atoms with Crippen LogP contribution >= 0.6 is 0 Å². The molecule has 1 aliphatic heterocycles. The van der Waals surface area contributed by atoms with Crippen LogP contribution in [0, 0.1) is 5.82 Å². The second kappa shape index (κ2) is 14.7. The number of carbonyl (C=O) groups is 1. The summed E-state index contributed by atoms with van der Waals surface area (Å²) < 4.78 is 14.4. The van der Waals surface area contributed by atoms with Crippen LogP contribution in [-0.4, -0.2) is 75.3 Å². The van der Waals surface area contributed by atoms with Crippen LogP contribution in [0.25, 0.3) is 11.1 Å². The summed E-state index contributed by atoms with van der Waals surface area (Å²) in [5, 5.41) is 22.0. The monoisotopic (exact) mass is 574 g/mol. The number of carbonyl (C=O) groups excluding carboxylic acids is 1. The molecule has 0 unspecified atom stereocenters. The number of rotatable bonds is 9. The molecule has 5 rings (SSSR count). The second-order valence-electron chi connectivity index (χ2n) is 9.18. The number of hydrogen-bond donors (Lipinski definition) is 5. The highest BCUT2D eigenvalue weighted by Gasteiger charge is 2.21. The smallest absolute Gasteiger partial charge is 0.288 e. The maximum Gasteiger partial charge on any atom is 0.288 e. The molecule has 1 saturated heterocycles. The summed E-state index contributed by atoms with van der Waals surface area (Å²) in [4.78, 5) is 28.9. The largest absolute Gasteiger partial charge is 0.508 e. The van der Waals surface area contributed by atoms with Gasteiger partial charge in [0.15, 0.2) is 11.6 Å². The molecule has 12 heteroatoms. The standard InChI is InChI=1S/C28H29FN8O3.C2H6/c29-24-18-31-28(33-26(24)37-12-10-36(11-13-37)14-15-38)35-34-27(40)25-9-8-22(17-30-25)32-21-6-4-19(5-7-21)20-2-1-3-23(39)16-20;1-2/h1-9,16-18,32,38-39H,10-15H2,(H,34,40)(H,31,33,35);1-2H3. The average molecular weight is 575 g/mol. The van der Waals surface area contributed by atoms with Gasteiger partial charge in [-0.25, -0.2) is 14.4 Å². The topological polar surface area (TPSA) is 139 Å². The third-order valence-electron chi connectivity index (χ3n) is 6.45. The fourth-order valence-electron chi connectivity index (χ4n) is 4.34. The van der Waals surface area contributed by atoms with E-state index in [1.807, 2.05) is 49.1 Å². The van der Waals surface area contributed by atoms with Gasteiger partial charge in [-0.1, -0.05) is 38.1 Å². The first kappa shape index (κ1) is 30.2. The van der Waals surface area contributed by atoms with Crippen LogP contribution in [0.2, 0.25) is 0 Å². The van der Waals surface area contributed by atoms with Crippen molar-refractivity contribution in [2.45, 2.75) is 13.8 Å². The van der Waals surface area contributed by atoms with Gasteiger partial charge in [-0.3, -0.25) is 20.5 Å². The van der Waals surface area contributed by atoms with E-state index in [-0.39, 0.29) is 29.8 Å². The molecule has 2 aromatic carbocycles. The molecule has 0 spiro atoms. The first-order valence-electron chi connectivity index (χ1n) is 13.8. The Morgan fingerprint density at radius 1 is 0.929 bits per heavy atom. The number of nitrogens with one attached hydrogen (secondary N) is 3. The molecular formula is C30H35FN8O3. The molecule has 220 valence electrons. The number of aromatic nitrogens is 3. The van der Waals surface area contributed by atoms with Crippen molar-refractivity contribution >= 4 is 29.0 Å². The first-order valence-corrected chi connectivity index (χ1v) is 13.8. The lowest BCUT2D eigenvalue weighted by Gasteiger charge is -2.35. The summed E-state index contributed by atoms with van der Waals surface area (Å²) in [5.74, 6) is -0.640. The molecule has 42 heavy (non-hydrogen) atoms. The van der Waals surface area contributed by atoms with Crippen LogP contribution in [0.15, 0.2) is 73.1 Å². The molecule has 0 bridgehead atoms. The minimum absolute atomic E-state index is 0.0509. The van der Waals surface area contributed by atoms with E-state index < -0.39 is 11.7 Å². The third-order valence-corrected chi connectivity index (χ3v) is 6.45. The molecule has 0 saturated carbocycles. The van der Waals surface area contributed by atoms with Crippen LogP contribution in [-0.2, 0) is 0 Å². The van der Waals surface area contributed by atoms with E-state index in [1.54, 1.807) is 36.5 Å². The summed E-state index contributed by atoms with van der Waals surface area (Å²) in [6.07, 6.45) is 2.60. The zero-order valence-electron chi connectivity index (χ0n) is 23.6. The molecule has 0 aliphatic carbocycles. The number of anilines is 4. The number of hydrogen-bond acceptors (Lipinski definition) is 10. The number of phenolic OH excluding ortho intramolecular Hbond substituents is 1. The van der Waals surface area contributed by atoms with Crippen molar-refractivity contribution in [3.8, 4) is 16.9 Å². The molecule has 1 amide bonds. The van der Waals surface area contributed by atoms with Gasteiger partial charge in [-0.2, -0.15) is 4.98 Å². The number of β-amino-alcohol motifs (C(OH)–C–C–N with tert-alkyl or cyclic N) is 1. The maximum absolute atomic E-state index is 14.4. The Labute approximate surface area is 244 Å². The van der Waals surface area contributed by atoms with E-state index in [1.165, 1.54) is 0 Å². The highest BCUT2D eigenvalue weighted by Crippen LogP contribution is 2.26. The van der Waals surface area contributed by atoms with Gasteiger partial charge in [0.25, 0.3) is 5.91 Å². The first-order chi connectivity index (χ1) is 20.5. The molecule has 11 nitrogen and oxygen atoms in total. The lowest BCUT2D eigenvalue weighted by atomic mass is 10.1. The Hall–Kier alpha value is -4.81. The predicted molar refractivity (Wildman–Crippen MR) is 161 cm³/mol. The minimum atomic E-state index is -0.550. The van der Waals surface area contributed by atoms with Gasteiger partial charge >= 0.3 is 0 Å². The van der Waals surface area contributed by atoms with Crippen molar-refractivity contribution in [1.82, 2.24) is 25.3 Å². The fourth-order valence-corrected chi connectivity index (χ4v) is 4.34. The van der Waals surface area contributed by atoms with E-state index in [0.717, 1.165) is 23.0 Å². The van der Waals surface area contributed by atoms with E-state index in [2.05, 4.69) is 36.0 Å². The van der Waals surface area contributed by atoms with Gasteiger partial charge in [0.2, 0.25) is 5.95 Å². The molecule has 0 radical (unpaired) electrons. The van der Waals surface area contributed by atoms with Gasteiger partial charge in [-0.15, -0.1) is 0 Å². The van der Waals surface area contributed by atoms with E-state index in [9.17, 15) is 14.3 Å². The van der Waals surface area contributed by atoms with Crippen LogP contribution in [0.3, 0.4) is 0 Å². The van der Waals surface area contributed by atoms with E-state index in [0.29, 0.717) is 38.4 Å². The van der Waals surface area contributed by atoms with Crippen molar-refractivity contribution in [3.63, 3.8) is 0 Å². The third kappa shape index (κ3) is 7.89. The highest BCUT2D eigenvalue weighted by molar-refractivity contribution is 5.93. The fraction of sp³-hybridized carbons (Fsp3) is 0.267. The number of amides is 1. The molecule has 1 fully saturated rings. The van der Waals surface area contributed by atoms with E-state index >= 15 is 0 Å². The molecule has 4 aromatic rings. The summed E-state index contributed by atoms with van der Waals surface area (Å²) in [6.45, 7) is 7.16. The Bertz CT molecular complexity index is 1450. The Balaban J connectivity index is 0.00000198. The van der Waals surface area contributed by atoms with E-state index in [4.69, 9.17) is 5.11 Å². The second-order valence-corrected chi connectivity index (χ2v) is 9.18. The van der Waals surface area contributed by atoms with Gasteiger partial charge in [0.1, 0.15) is 11.4 Å². The van der Waals surface area contributed by atoms with Crippen LogP contribution < -0.4 is 21.1 Å². The van der Waals surface area contributed by atoms with Gasteiger partial charge in [0, 0.05) is 38.4 Å². The summed E-state index contributed by atoms with van der Waals surface area (Å²) in [5.41, 5.74) is 8.70. The number of hydrazine groups is 1. The Kier molecular flexibility index (Phi) is 10.6. The zero-order valence-corrected chi connectivity index (χ0v) is 23.6. The average Bonchev–Trinajstić information content (AvgIpc) is 3.03. The van der Waals surface area contributed by atoms with Crippen LogP contribution in [0.5, 0.6) is 5.75 Å². The Morgan fingerprint density at radius 2 is 1.67 bits per heavy atom. The normalized spacial score (nSPS) is 13.1. The molecular weight excluding hydrogens is 539 g/mol. The number of aromatic hydroxyl groups is 1. The number of halogens is 1. The van der Waals surface area contributed by atoms with Crippen LogP contribution in [0.1, 0.15) is 24.3 Å². The van der Waals surface area contributed by atoms with Crippen molar-refractivity contribution in [2.75, 3.05) is 55.0 Å². The molecule has 0 atom stereocenters. The minimum Gasteiger partial charge on any atom is -0.508 e. The van der Waals surface area contributed by atoms with Gasteiger partial charge < -0.3 is 20.4 Å². The van der Waals surface area contributed by atoms with Crippen LogP contribution in [0.4, 0.5) is 27.5 Å². The zero-order chi connectivity index (χ0) is 29.9. The quantitative estimate of drug-likeness (QED) is 0.186. The number of aliphatic hydroxyl groups excluding tert-OH is 1. The van der Waals surface area contributed by atoms with Gasteiger partial charge in [0.05, 0.1) is 24.7 Å². The number of phenols is 1. The van der Waals surface area contributed by atoms with Gasteiger partial charge in [-0.05, 0) is 47.5 Å².